The fourth-order valence-electron chi connectivity index (χ4n) is 1.83. The summed E-state index contributed by atoms with van der Waals surface area (Å²) in [6.45, 7) is 3.42. The van der Waals surface area contributed by atoms with E-state index >= 15 is 0 Å². The molecule has 0 saturated carbocycles. The van der Waals surface area contributed by atoms with Crippen LogP contribution in [0.1, 0.15) is 12.5 Å². The zero-order chi connectivity index (χ0) is 14.4. The van der Waals surface area contributed by atoms with Gasteiger partial charge in [0.2, 0.25) is 0 Å². The van der Waals surface area contributed by atoms with Crippen LogP contribution in [0, 0.1) is 0 Å². The number of benzene rings is 2. The van der Waals surface area contributed by atoms with Gasteiger partial charge in [-0.1, -0.05) is 12.1 Å². The maximum absolute atomic E-state index is 5.43. The van der Waals surface area contributed by atoms with Crippen molar-refractivity contribution in [3.8, 4) is 11.5 Å². The van der Waals surface area contributed by atoms with Crippen LogP contribution in [0.4, 0.5) is 5.69 Å². The van der Waals surface area contributed by atoms with E-state index < -0.39 is 0 Å². The van der Waals surface area contributed by atoms with Crippen molar-refractivity contribution in [2.75, 3.05) is 19.0 Å². The quantitative estimate of drug-likeness (QED) is 0.844. The Labute approximate surface area is 128 Å². The van der Waals surface area contributed by atoms with Gasteiger partial charge >= 0.3 is 0 Å². The molecule has 0 fully saturated rings. The van der Waals surface area contributed by atoms with Crippen LogP contribution in [0.15, 0.2) is 46.9 Å². The summed E-state index contributed by atoms with van der Waals surface area (Å²) in [6, 6.07) is 14.0. The predicted molar refractivity (Wildman–Crippen MR) is 85.6 cm³/mol. The molecule has 0 saturated heterocycles. The van der Waals surface area contributed by atoms with E-state index in [4.69, 9.17) is 9.47 Å². The highest BCUT2D eigenvalue weighted by Gasteiger charge is 2.02. The third-order valence-corrected chi connectivity index (χ3v) is 3.58. The number of methoxy groups -OCH3 is 1. The first-order chi connectivity index (χ1) is 9.72. The summed E-state index contributed by atoms with van der Waals surface area (Å²) in [5, 5.41) is 3.39. The van der Waals surface area contributed by atoms with Crippen LogP contribution in [0.2, 0.25) is 0 Å². The summed E-state index contributed by atoms with van der Waals surface area (Å²) < 4.78 is 11.7. The first-order valence-electron chi connectivity index (χ1n) is 6.52. The third kappa shape index (κ3) is 3.90. The molecule has 0 aliphatic heterocycles. The average molecular weight is 336 g/mol. The molecule has 0 bridgehead atoms. The zero-order valence-electron chi connectivity index (χ0n) is 11.7. The predicted octanol–water partition coefficient (Wildman–Crippen LogP) is 4.47. The molecule has 2 aromatic rings. The summed E-state index contributed by atoms with van der Waals surface area (Å²) in [4.78, 5) is 0. The van der Waals surface area contributed by atoms with Crippen LogP contribution in [0.25, 0.3) is 0 Å². The molecule has 20 heavy (non-hydrogen) atoms. The summed E-state index contributed by atoms with van der Waals surface area (Å²) in [7, 11) is 1.67. The Morgan fingerprint density at radius 1 is 1.05 bits per heavy atom. The van der Waals surface area contributed by atoms with Gasteiger partial charge < -0.3 is 14.8 Å². The van der Waals surface area contributed by atoms with Crippen LogP contribution in [0.3, 0.4) is 0 Å². The lowest BCUT2D eigenvalue weighted by atomic mass is 10.2. The Morgan fingerprint density at radius 3 is 2.40 bits per heavy atom. The van der Waals surface area contributed by atoms with Crippen molar-refractivity contribution in [1.82, 2.24) is 0 Å². The highest BCUT2D eigenvalue weighted by molar-refractivity contribution is 9.10. The van der Waals surface area contributed by atoms with Gasteiger partial charge in [0, 0.05) is 17.1 Å². The van der Waals surface area contributed by atoms with E-state index in [2.05, 4.69) is 33.4 Å². The van der Waals surface area contributed by atoms with E-state index in [0.29, 0.717) is 6.61 Å². The first kappa shape index (κ1) is 14.7. The largest absolute Gasteiger partial charge is 0.497 e. The minimum atomic E-state index is 0.689. The lowest BCUT2D eigenvalue weighted by Gasteiger charge is -2.11. The maximum atomic E-state index is 5.43. The Morgan fingerprint density at radius 2 is 1.75 bits per heavy atom. The van der Waals surface area contributed by atoms with Crippen LogP contribution in [-0.4, -0.2) is 13.7 Å². The van der Waals surface area contributed by atoms with Gasteiger partial charge in [-0.3, -0.25) is 0 Å². The lowest BCUT2D eigenvalue weighted by Crippen LogP contribution is -2.00. The Balaban J connectivity index is 2.01. The highest BCUT2D eigenvalue weighted by atomic mass is 79.9. The van der Waals surface area contributed by atoms with Crippen LogP contribution >= 0.6 is 15.9 Å². The molecule has 0 radical (unpaired) electrons. The van der Waals surface area contributed by atoms with Crippen molar-refractivity contribution in [2.45, 2.75) is 13.5 Å². The molecule has 4 heteroatoms. The number of halogens is 1. The molecule has 3 nitrogen and oxygen atoms in total. The molecule has 2 rings (SSSR count). The van der Waals surface area contributed by atoms with Crippen molar-refractivity contribution < 1.29 is 9.47 Å². The van der Waals surface area contributed by atoms with Crippen LogP contribution < -0.4 is 14.8 Å². The van der Waals surface area contributed by atoms with E-state index in [-0.39, 0.29) is 0 Å². The third-order valence-electron chi connectivity index (χ3n) is 2.89. The van der Waals surface area contributed by atoms with E-state index in [0.717, 1.165) is 28.2 Å². The molecule has 0 aliphatic rings. The van der Waals surface area contributed by atoms with Gasteiger partial charge in [0.05, 0.1) is 19.4 Å². The molecule has 0 aromatic heterocycles. The first-order valence-corrected chi connectivity index (χ1v) is 7.31. The molecule has 0 amide bonds. The Hall–Kier alpha value is -1.68. The summed E-state index contributed by atoms with van der Waals surface area (Å²) in [6.07, 6.45) is 0. The SMILES string of the molecule is CCOc1ccc(CNc2cc(OC)ccc2Br)cc1. The molecular formula is C16H18BrNO2. The second-order valence-corrected chi connectivity index (χ2v) is 5.13. The minimum absolute atomic E-state index is 0.689. The standard InChI is InChI=1S/C16H18BrNO2/c1-3-20-13-6-4-12(5-7-13)11-18-16-10-14(19-2)8-9-15(16)17/h4-10,18H,3,11H2,1-2H3. The smallest absolute Gasteiger partial charge is 0.121 e. The van der Waals surface area contributed by atoms with Gasteiger partial charge in [0.25, 0.3) is 0 Å². The Bertz CT molecular complexity index is 555. The molecule has 106 valence electrons. The van der Waals surface area contributed by atoms with E-state index in [1.54, 1.807) is 7.11 Å². The molecule has 2 aromatic carbocycles. The lowest BCUT2D eigenvalue weighted by molar-refractivity contribution is 0.340. The summed E-state index contributed by atoms with van der Waals surface area (Å²) in [5.74, 6) is 1.74. The number of anilines is 1. The van der Waals surface area contributed by atoms with E-state index in [1.165, 1.54) is 5.56 Å². The van der Waals surface area contributed by atoms with Gasteiger partial charge in [-0.2, -0.15) is 0 Å². The molecule has 0 atom stereocenters. The molecule has 0 heterocycles. The van der Waals surface area contributed by atoms with Crippen molar-refractivity contribution in [2.24, 2.45) is 0 Å². The van der Waals surface area contributed by atoms with Crippen LogP contribution in [0.5, 0.6) is 11.5 Å². The fourth-order valence-corrected chi connectivity index (χ4v) is 2.22. The van der Waals surface area contributed by atoms with Gasteiger partial charge in [-0.15, -0.1) is 0 Å². The number of ether oxygens (including phenoxy) is 2. The Kier molecular flexibility index (Phi) is 5.30. The second-order valence-electron chi connectivity index (χ2n) is 4.28. The highest BCUT2D eigenvalue weighted by Crippen LogP contribution is 2.27. The van der Waals surface area contributed by atoms with E-state index in [9.17, 15) is 0 Å². The van der Waals surface area contributed by atoms with Crippen molar-refractivity contribution >= 4 is 21.6 Å². The number of hydrogen-bond acceptors (Lipinski definition) is 3. The topological polar surface area (TPSA) is 30.5 Å². The summed E-state index contributed by atoms with van der Waals surface area (Å²) in [5.41, 5.74) is 2.21. The number of nitrogens with one attached hydrogen (secondary N) is 1. The molecule has 0 spiro atoms. The number of rotatable bonds is 6. The van der Waals surface area contributed by atoms with Gasteiger partial charge in [-0.05, 0) is 52.7 Å². The molecule has 0 unspecified atom stereocenters. The van der Waals surface area contributed by atoms with Gasteiger partial charge in [0.1, 0.15) is 11.5 Å². The van der Waals surface area contributed by atoms with Crippen molar-refractivity contribution in [3.05, 3.63) is 52.5 Å². The molecule has 1 N–H and O–H groups in total. The minimum Gasteiger partial charge on any atom is -0.497 e. The molecule has 0 aliphatic carbocycles. The van der Waals surface area contributed by atoms with Crippen molar-refractivity contribution in [3.63, 3.8) is 0 Å². The summed E-state index contributed by atoms with van der Waals surface area (Å²) >= 11 is 3.53. The maximum Gasteiger partial charge on any atom is 0.121 e. The molecular weight excluding hydrogens is 318 g/mol. The monoisotopic (exact) mass is 335 g/mol. The van der Waals surface area contributed by atoms with Gasteiger partial charge in [0.15, 0.2) is 0 Å². The van der Waals surface area contributed by atoms with E-state index in [1.807, 2.05) is 37.3 Å². The normalized spacial score (nSPS) is 10.2. The van der Waals surface area contributed by atoms with Gasteiger partial charge in [-0.25, -0.2) is 0 Å². The second kappa shape index (κ2) is 7.20. The van der Waals surface area contributed by atoms with Crippen LogP contribution in [-0.2, 0) is 6.54 Å². The zero-order valence-corrected chi connectivity index (χ0v) is 13.2. The average Bonchev–Trinajstić information content (AvgIpc) is 2.48. The number of hydrogen-bond donors (Lipinski definition) is 1. The van der Waals surface area contributed by atoms with Crippen molar-refractivity contribution in [1.29, 1.82) is 0 Å². The fraction of sp³-hybridized carbons (Fsp3) is 0.250.